The third-order valence-electron chi connectivity index (χ3n) is 2.21. The summed E-state index contributed by atoms with van der Waals surface area (Å²) in [5.41, 5.74) is 0.478. The number of hydrogen-bond acceptors (Lipinski definition) is 3. The summed E-state index contributed by atoms with van der Waals surface area (Å²) in [6.45, 7) is 1.62. The van der Waals surface area contributed by atoms with E-state index in [0.29, 0.717) is 25.3 Å². The quantitative estimate of drug-likeness (QED) is 0.838. The number of likely N-dealkylation sites (N-methyl/N-ethyl adjacent to an activating group) is 1. The van der Waals surface area contributed by atoms with Crippen molar-refractivity contribution in [2.45, 2.75) is 6.54 Å². The molecule has 0 saturated carbocycles. The van der Waals surface area contributed by atoms with Gasteiger partial charge in [-0.3, -0.25) is 4.90 Å². The molecule has 3 nitrogen and oxygen atoms in total. The van der Waals surface area contributed by atoms with Crippen LogP contribution in [0.5, 0.6) is 5.75 Å². The highest BCUT2D eigenvalue weighted by Gasteiger charge is 2.10. The lowest BCUT2D eigenvalue weighted by Gasteiger charge is -2.16. The fraction of sp³-hybridized carbons (Fsp3) is 0.455. The van der Waals surface area contributed by atoms with E-state index in [2.05, 4.69) is 0 Å². The van der Waals surface area contributed by atoms with E-state index in [1.165, 1.54) is 0 Å². The molecule has 0 spiro atoms. The van der Waals surface area contributed by atoms with Crippen LogP contribution in [0.1, 0.15) is 5.56 Å². The topological polar surface area (TPSA) is 32.7 Å². The molecule has 0 radical (unpaired) electrons. The van der Waals surface area contributed by atoms with Gasteiger partial charge in [-0.15, -0.1) is 0 Å². The lowest BCUT2D eigenvalue weighted by Crippen LogP contribution is -2.22. The standard InChI is InChI=1S/C11H15F2NO2/c1-14(3-4-16-2)7-8-5-9(12)11(15)10(13)6-8/h5-6,15H,3-4,7H2,1-2H3. The Balaban J connectivity index is 2.67. The van der Waals surface area contributed by atoms with Crippen molar-refractivity contribution in [1.82, 2.24) is 4.90 Å². The van der Waals surface area contributed by atoms with Crippen molar-refractivity contribution >= 4 is 0 Å². The first-order valence-corrected chi connectivity index (χ1v) is 4.89. The normalized spacial score (nSPS) is 11.1. The number of ether oxygens (including phenoxy) is 1. The van der Waals surface area contributed by atoms with Crippen LogP contribution in [0.4, 0.5) is 8.78 Å². The minimum absolute atomic E-state index is 0.400. The number of aromatic hydroxyl groups is 1. The average molecular weight is 231 g/mol. The SMILES string of the molecule is COCCN(C)Cc1cc(F)c(O)c(F)c1. The molecule has 16 heavy (non-hydrogen) atoms. The zero-order valence-corrected chi connectivity index (χ0v) is 9.33. The molecule has 1 aromatic carbocycles. The van der Waals surface area contributed by atoms with E-state index in [0.717, 1.165) is 12.1 Å². The summed E-state index contributed by atoms with van der Waals surface area (Å²) in [6, 6.07) is 2.25. The number of benzene rings is 1. The highest BCUT2D eigenvalue weighted by atomic mass is 19.1. The second-order valence-electron chi connectivity index (χ2n) is 3.64. The van der Waals surface area contributed by atoms with Gasteiger partial charge in [0.05, 0.1) is 6.61 Å². The van der Waals surface area contributed by atoms with Crippen LogP contribution in [0.25, 0.3) is 0 Å². The summed E-state index contributed by atoms with van der Waals surface area (Å²) in [5, 5.41) is 8.92. The molecule has 90 valence electrons. The lowest BCUT2D eigenvalue weighted by molar-refractivity contribution is 0.158. The Kier molecular flexibility index (Phi) is 4.64. The molecule has 0 amide bonds. The zero-order chi connectivity index (χ0) is 12.1. The molecule has 0 bridgehead atoms. The van der Waals surface area contributed by atoms with Crippen LogP contribution in [0.3, 0.4) is 0 Å². The number of rotatable bonds is 5. The van der Waals surface area contributed by atoms with Crippen LogP contribution >= 0.6 is 0 Å². The van der Waals surface area contributed by atoms with Gasteiger partial charge < -0.3 is 9.84 Å². The van der Waals surface area contributed by atoms with Crippen molar-refractivity contribution in [3.8, 4) is 5.75 Å². The number of hydrogen-bond donors (Lipinski definition) is 1. The molecule has 0 fully saturated rings. The summed E-state index contributed by atoms with van der Waals surface area (Å²) < 4.78 is 30.9. The van der Waals surface area contributed by atoms with Crippen molar-refractivity contribution in [3.05, 3.63) is 29.3 Å². The Labute approximate surface area is 93.3 Å². The van der Waals surface area contributed by atoms with Gasteiger partial charge in [-0.05, 0) is 24.7 Å². The first kappa shape index (κ1) is 12.9. The summed E-state index contributed by atoms with van der Waals surface area (Å²) in [6.07, 6.45) is 0. The highest BCUT2D eigenvalue weighted by molar-refractivity contribution is 5.29. The van der Waals surface area contributed by atoms with Crippen molar-refractivity contribution in [3.63, 3.8) is 0 Å². The van der Waals surface area contributed by atoms with Gasteiger partial charge in [0.15, 0.2) is 17.4 Å². The predicted molar refractivity (Wildman–Crippen MR) is 56.2 cm³/mol. The van der Waals surface area contributed by atoms with Crippen LogP contribution in [-0.2, 0) is 11.3 Å². The Morgan fingerprint density at radius 1 is 1.31 bits per heavy atom. The van der Waals surface area contributed by atoms with Crippen molar-refractivity contribution < 1.29 is 18.6 Å². The molecule has 0 aromatic heterocycles. The predicted octanol–water partition coefficient (Wildman–Crippen LogP) is 1.75. The van der Waals surface area contributed by atoms with Gasteiger partial charge in [-0.1, -0.05) is 0 Å². The maximum Gasteiger partial charge on any atom is 0.187 e. The van der Waals surface area contributed by atoms with Gasteiger partial charge in [0.1, 0.15) is 0 Å². The van der Waals surface area contributed by atoms with E-state index in [9.17, 15) is 8.78 Å². The fourth-order valence-corrected chi connectivity index (χ4v) is 1.35. The molecule has 5 heteroatoms. The molecule has 1 rings (SSSR count). The van der Waals surface area contributed by atoms with Gasteiger partial charge in [0, 0.05) is 20.2 Å². The third-order valence-corrected chi connectivity index (χ3v) is 2.21. The van der Waals surface area contributed by atoms with Gasteiger partial charge in [-0.2, -0.15) is 0 Å². The number of methoxy groups -OCH3 is 1. The number of phenols is 1. The van der Waals surface area contributed by atoms with E-state index in [1.54, 1.807) is 7.11 Å². The molecule has 0 saturated heterocycles. The van der Waals surface area contributed by atoms with Crippen molar-refractivity contribution in [2.75, 3.05) is 27.3 Å². The Bertz CT molecular complexity index is 335. The summed E-state index contributed by atoms with van der Waals surface area (Å²) in [4.78, 5) is 1.87. The minimum Gasteiger partial charge on any atom is -0.503 e. The maximum atomic E-state index is 13.0. The molecule has 0 aliphatic carbocycles. The number of halogens is 2. The largest absolute Gasteiger partial charge is 0.503 e. The van der Waals surface area contributed by atoms with E-state index >= 15 is 0 Å². The van der Waals surface area contributed by atoms with E-state index in [4.69, 9.17) is 9.84 Å². The van der Waals surface area contributed by atoms with E-state index in [-0.39, 0.29) is 0 Å². The fourth-order valence-electron chi connectivity index (χ4n) is 1.35. The van der Waals surface area contributed by atoms with Crippen LogP contribution in [0.2, 0.25) is 0 Å². The Morgan fingerprint density at radius 2 is 1.88 bits per heavy atom. The average Bonchev–Trinajstić information content (AvgIpc) is 2.23. The van der Waals surface area contributed by atoms with Crippen molar-refractivity contribution in [1.29, 1.82) is 0 Å². The zero-order valence-electron chi connectivity index (χ0n) is 9.33. The lowest BCUT2D eigenvalue weighted by atomic mass is 10.2. The maximum absolute atomic E-state index is 13.0. The van der Waals surface area contributed by atoms with Gasteiger partial charge in [0.25, 0.3) is 0 Å². The first-order chi connectivity index (χ1) is 7.54. The second-order valence-corrected chi connectivity index (χ2v) is 3.64. The summed E-state index contributed by atoms with van der Waals surface area (Å²) in [7, 11) is 3.41. The van der Waals surface area contributed by atoms with Crippen molar-refractivity contribution in [2.24, 2.45) is 0 Å². The Morgan fingerprint density at radius 3 is 2.38 bits per heavy atom. The van der Waals surface area contributed by atoms with Crippen LogP contribution in [-0.4, -0.2) is 37.3 Å². The van der Waals surface area contributed by atoms with Gasteiger partial charge >= 0.3 is 0 Å². The minimum atomic E-state index is -0.935. The molecule has 0 aliphatic heterocycles. The van der Waals surface area contributed by atoms with Crippen LogP contribution < -0.4 is 0 Å². The van der Waals surface area contributed by atoms with Gasteiger partial charge in [0.2, 0.25) is 0 Å². The molecular weight excluding hydrogens is 216 g/mol. The summed E-state index contributed by atoms with van der Waals surface area (Å²) in [5.74, 6) is -2.80. The van der Waals surface area contributed by atoms with Crippen LogP contribution in [0.15, 0.2) is 12.1 Å². The second kappa shape index (κ2) is 5.77. The van der Waals surface area contributed by atoms with E-state index in [1.807, 2.05) is 11.9 Å². The Hall–Kier alpha value is -1.20. The monoisotopic (exact) mass is 231 g/mol. The number of nitrogens with zero attached hydrogens (tertiary/aromatic N) is 1. The molecule has 1 N–H and O–H groups in total. The molecule has 0 heterocycles. The van der Waals surface area contributed by atoms with Gasteiger partial charge in [-0.25, -0.2) is 8.78 Å². The molecule has 0 aliphatic rings. The molecular formula is C11H15F2NO2. The third kappa shape index (κ3) is 3.43. The number of phenolic OH excluding ortho intramolecular Hbond substituents is 1. The first-order valence-electron chi connectivity index (χ1n) is 4.89. The molecule has 0 atom stereocenters. The highest BCUT2D eigenvalue weighted by Crippen LogP contribution is 2.21. The summed E-state index contributed by atoms with van der Waals surface area (Å²) >= 11 is 0. The van der Waals surface area contributed by atoms with Crippen LogP contribution in [0, 0.1) is 11.6 Å². The smallest absolute Gasteiger partial charge is 0.187 e. The molecule has 0 unspecified atom stereocenters. The molecule has 1 aromatic rings. The van der Waals surface area contributed by atoms with E-state index < -0.39 is 17.4 Å².